The summed E-state index contributed by atoms with van der Waals surface area (Å²) in [6.45, 7) is 17.2. The summed E-state index contributed by atoms with van der Waals surface area (Å²) < 4.78 is 0. The zero-order valence-electron chi connectivity index (χ0n) is 29.4. The topological polar surface area (TPSA) is 80.9 Å². The maximum Gasteiger partial charge on any atom is 0.118 e. The summed E-state index contributed by atoms with van der Waals surface area (Å²) in [5.41, 5.74) is 8.42. The number of aromatic hydroxyl groups is 4. The Bertz CT molecular complexity index is 1350. The smallest absolute Gasteiger partial charge is 0.118 e. The minimum absolute atomic E-state index is 0.174. The summed E-state index contributed by atoms with van der Waals surface area (Å²) >= 11 is 0. The van der Waals surface area contributed by atoms with Crippen molar-refractivity contribution < 1.29 is 20.4 Å². The highest BCUT2D eigenvalue weighted by Crippen LogP contribution is 2.37. The lowest BCUT2D eigenvalue weighted by molar-refractivity contribution is 0.464. The fourth-order valence-electron chi connectivity index (χ4n) is 6.11. The van der Waals surface area contributed by atoms with Crippen LogP contribution < -0.4 is 0 Å². The zero-order chi connectivity index (χ0) is 34.1. The molecule has 0 saturated heterocycles. The van der Waals surface area contributed by atoms with Gasteiger partial charge in [-0.1, -0.05) is 130 Å². The van der Waals surface area contributed by atoms with Crippen LogP contribution in [0.25, 0.3) is 0 Å². The van der Waals surface area contributed by atoms with Gasteiger partial charge in [0.15, 0.2) is 0 Å². The van der Waals surface area contributed by atoms with Gasteiger partial charge in [-0.05, 0) is 94.5 Å². The maximum atomic E-state index is 10.0. The Hall–Kier alpha value is -3.92. The van der Waals surface area contributed by atoms with Crippen molar-refractivity contribution in [2.75, 3.05) is 0 Å². The zero-order valence-corrected chi connectivity index (χ0v) is 29.4. The molecule has 4 aromatic rings. The molecule has 0 heterocycles. The SMILES string of the molecule is CCCc1cc(C(C)(C)c2ccc(O)c(CCC)c2)ccc1O.CCCc1cc(C(C)(C)c2ccc(O)c(CCC)c2)ccc1O. The molecular weight excluding hydrogens is 568 g/mol. The van der Waals surface area contributed by atoms with Crippen LogP contribution in [0.1, 0.15) is 126 Å². The first-order chi connectivity index (χ1) is 21.8. The van der Waals surface area contributed by atoms with Crippen molar-refractivity contribution in [3.8, 4) is 23.0 Å². The molecule has 0 atom stereocenters. The van der Waals surface area contributed by atoms with Gasteiger partial charge in [-0.3, -0.25) is 0 Å². The van der Waals surface area contributed by atoms with E-state index in [1.165, 1.54) is 22.3 Å². The van der Waals surface area contributed by atoms with Gasteiger partial charge in [-0.2, -0.15) is 0 Å². The molecule has 4 nitrogen and oxygen atoms in total. The summed E-state index contributed by atoms with van der Waals surface area (Å²) in [5, 5.41) is 40.1. The second-order valence-electron chi connectivity index (χ2n) is 13.6. The van der Waals surface area contributed by atoms with E-state index in [1.807, 2.05) is 24.3 Å². The number of rotatable bonds is 12. The van der Waals surface area contributed by atoms with Gasteiger partial charge in [0.1, 0.15) is 23.0 Å². The van der Waals surface area contributed by atoms with Crippen LogP contribution >= 0.6 is 0 Å². The largest absolute Gasteiger partial charge is 0.508 e. The van der Waals surface area contributed by atoms with Crippen LogP contribution in [0.4, 0.5) is 0 Å². The molecule has 248 valence electrons. The van der Waals surface area contributed by atoms with E-state index in [9.17, 15) is 20.4 Å². The van der Waals surface area contributed by atoms with Gasteiger partial charge in [0.2, 0.25) is 0 Å². The second-order valence-corrected chi connectivity index (χ2v) is 13.6. The summed E-state index contributed by atoms with van der Waals surface area (Å²) in [6, 6.07) is 23.7. The fourth-order valence-corrected chi connectivity index (χ4v) is 6.11. The van der Waals surface area contributed by atoms with Crippen LogP contribution in [-0.2, 0) is 36.5 Å². The van der Waals surface area contributed by atoms with E-state index in [0.29, 0.717) is 23.0 Å². The van der Waals surface area contributed by atoms with Crippen LogP contribution in [0.2, 0.25) is 0 Å². The van der Waals surface area contributed by atoms with Gasteiger partial charge in [0.05, 0.1) is 0 Å². The molecular formula is C42H56O4. The van der Waals surface area contributed by atoms with Crippen molar-refractivity contribution in [1.29, 1.82) is 0 Å². The molecule has 0 aliphatic rings. The van der Waals surface area contributed by atoms with Crippen molar-refractivity contribution in [3.63, 3.8) is 0 Å². The third kappa shape index (κ3) is 8.66. The van der Waals surface area contributed by atoms with Crippen LogP contribution in [0.15, 0.2) is 72.8 Å². The first-order valence-electron chi connectivity index (χ1n) is 17.1. The van der Waals surface area contributed by atoms with Crippen LogP contribution in [0, 0.1) is 0 Å². The first kappa shape index (κ1) is 36.5. The Kier molecular flexibility index (Phi) is 12.8. The number of benzene rings is 4. The molecule has 4 N–H and O–H groups in total. The van der Waals surface area contributed by atoms with Crippen molar-refractivity contribution in [2.24, 2.45) is 0 Å². The van der Waals surface area contributed by atoms with E-state index in [-0.39, 0.29) is 10.8 Å². The summed E-state index contributed by atoms with van der Waals surface area (Å²) in [4.78, 5) is 0. The average molecular weight is 625 g/mol. The number of hydrogen-bond acceptors (Lipinski definition) is 4. The monoisotopic (exact) mass is 624 g/mol. The Morgan fingerprint density at radius 1 is 0.370 bits per heavy atom. The molecule has 4 rings (SSSR count). The van der Waals surface area contributed by atoms with E-state index < -0.39 is 0 Å². The molecule has 4 aromatic carbocycles. The van der Waals surface area contributed by atoms with Crippen LogP contribution in [0.3, 0.4) is 0 Å². The van der Waals surface area contributed by atoms with E-state index in [0.717, 1.165) is 73.6 Å². The average Bonchev–Trinajstić information content (AvgIpc) is 3.02. The molecule has 0 unspecified atom stereocenters. The first-order valence-corrected chi connectivity index (χ1v) is 17.1. The molecule has 0 aliphatic carbocycles. The number of phenols is 4. The Labute approximate surface area is 277 Å². The van der Waals surface area contributed by atoms with Crippen LogP contribution in [0.5, 0.6) is 23.0 Å². The predicted molar refractivity (Wildman–Crippen MR) is 193 cm³/mol. The lowest BCUT2D eigenvalue weighted by Crippen LogP contribution is -2.19. The summed E-state index contributed by atoms with van der Waals surface area (Å²) in [7, 11) is 0. The highest BCUT2D eigenvalue weighted by molar-refractivity contribution is 5.48. The predicted octanol–water partition coefficient (Wildman–Crippen LogP) is 10.7. The van der Waals surface area contributed by atoms with E-state index in [1.54, 1.807) is 24.3 Å². The number of aryl methyl sites for hydroxylation is 4. The molecule has 46 heavy (non-hydrogen) atoms. The molecule has 4 heteroatoms. The molecule has 0 saturated carbocycles. The molecule has 0 fully saturated rings. The fraction of sp³-hybridized carbons (Fsp3) is 0.429. The van der Waals surface area contributed by atoms with Gasteiger partial charge < -0.3 is 20.4 Å². The molecule has 0 bridgehead atoms. The highest BCUT2D eigenvalue weighted by Gasteiger charge is 2.26. The van der Waals surface area contributed by atoms with Gasteiger partial charge in [-0.15, -0.1) is 0 Å². The normalized spacial score (nSPS) is 11.7. The number of phenolic OH excluding ortho intramolecular Hbond substituents is 4. The summed E-state index contributed by atoms with van der Waals surface area (Å²) in [6.07, 6.45) is 7.57. The third-order valence-electron chi connectivity index (χ3n) is 9.28. The maximum absolute atomic E-state index is 10.0. The van der Waals surface area contributed by atoms with E-state index in [4.69, 9.17) is 0 Å². The van der Waals surface area contributed by atoms with Gasteiger partial charge in [0, 0.05) is 10.8 Å². The van der Waals surface area contributed by atoms with Crippen molar-refractivity contribution >= 4 is 0 Å². The Morgan fingerprint density at radius 3 is 0.739 bits per heavy atom. The molecule has 0 amide bonds. The van der Waals surface area contributed by atoms with E-state index in [2.05, 4.69) is 79.7 Å². The van der Waals surface area contributed by atoms with E-state index >= 15 is 0 Å². The van der Waals surface area contributed by atoms with Gasteiger partial charge in [-0.25, -0.2) is 0 Å². The molecule has 0 spiro atoms. The minimum atomic E-state index is -0.174. The Balaban J connectivity index is 0.000000250. The third-order valence-corrected chi connectivity index (χ3v) is 9.28. The van der Waals surface area contributed by atoms with Crippen LogP contribution in [-0.4, -0.2) is 20.4 Å². The lowest BCUT2D eigenvalue weighted by Gasteiger charge is -2.27. The van der Waals surface area contributed by atoms with Crippen molar-refractivity contribution in [1.82, 2.24) is 0 Å². The molecule has 0 aromatic heterocycles. The quantitative estimate of drug-likeness (QED) is 0.126. The number of hydrogen-bond donors (Lipinski definition) is 4. The second kappa shape index (κ2) is 16.1. The Morgan fingerprint density at radius 2 is 0.565 bits per heavy atom. The minimum Gasteiger partial charge on any atom is -0.508 e. The van der Waals surface area contributed by atoms with Gasteiger partial charge >= 0.3 is 0 Å². The van der Waals surface area contributed by atoms with Crippen molar-refractivity contribution in [3.05, 3.63) is 117 Å². The van der Waals surface area contributed by atoms with Crippen molar-refractivity contribution in [2.45, 2.75) is 118 Å². The summed E-state index contributed by atoms with van der Waals surface area (Å²) in [5.74, 6) is 1.51. The highest BCUT2D eigenvalue weighted by atomic mass is 16.3. The molecule has 0 radical (unpaired) electrons. The van der Waals surface area contributed by atoms with Gasteiger partial charge in [0.25, 0.3) is 0 Å². The standard InChI is InChI=1S/2C21H28O2/c2*1-5-7-15-13-17(9-11-19(15)22)21(3,4)18-10-12-20(23)16(14-18)8-6-2/h2*9-14,22-23H,5-8H2,1-4H3. The lowest BCUT2D eigenvalue weighted by atomic mass is 9.76. The molecule has 0 aliphatic heterocycles.